The van der Waals surface area contributed by atoms with E-state index in [1.54, 1.807) is 13.1 Å². The number of hydrogen-bond acceptors (Lipinski definition) is 6. The number of ether oxygens (including phenoxy) is 1. The van der Waals surface area contributed by atoms with Crippen molar-refractivity contribution >= 4 is 52.1 Å². The van der Waals surface area contributed by atoms with Crippen LogP contribution in [0.15, 0.2) is 36.4 Å². The summed E-state index contributed by atoms with van der Waals surface area (Å²) in [4.78, 5) is 34.9. The van der Waals surface area contributed by atoms with E-state index in [0.29, 0.717) is 16.4 Å². The van der Waals surface area contributed by atoms with Gasteiger partial charge in [0.1, 0.15) is 0 Å². The third-order valence-electron chi connectivity index (χ3n) is 3.55. The van der Waals surface area contributed by atoms with Crippen LogP contribution in [-0.4, -0.2) is 30.0 Å². The fourth-order valence-electron chi connectivity index (χ4n) is 2.14. The number of nitro groups is 1. The molecule has 0 spiro atoms. The smallest absolute Gasteiger partial charge is 0.341 e. The van der Waals surface area contributed by atoms with E-state index in [1.165, 1.54) is 31.2 Å². The normalized spacial score (nSPS) is 11.4. The molecule has 1 amide bonds. The van der Waals surface area contributed by atoms with E-state index in [1.807, 2.05) is 0 Å². The van der Waals surface area contributed by atoms with Crippen LogP contribution < -0.4 is 10.6 Å². The van der Waals surface area contributed by atoms with Gasteiger partial charge in [-0.3, -0.25) is 14.9 Å². The fourth-order valence-corrected chi connectivity index (χ4v) is 2.59. The highest BCUT2D eigenvalue weighted by Crippen LogP contribution is 2.26. The summed E-state index contributed by atoms with van der Waals surface area (Å²) in [5.74, 6) is -1.50. The predicted octanol–water partition coefficient (Wildman–Crippen LogP) is 4.13. The van der Waals surface area contributed by atoms with E-state index in [0.717, 1.165) is 6.07 Å². The Kier molecular flexibility index (Phi) is 6.59. The minimum absolute atomic E-state index is 0.0594. The van der Waals surface area contributed by atoms with Crippen molar-refractivity contribution in [1.29, 1.82) is 0 Å². The molecule has 0 aromatic heterocycles. The van der Waals surface area contributed by atoms with Gasteiger partial charge in [0.2, 0.25) is 0 Å². The molecule has 0 aliphatic carbocycles. The molecule has 8 nitrogen and oxygen atoms in total. The van der Waals surface area contributed by atoms with Crippen LogP contribution in [0.1, 0.15) is 17.3 Å². The van der Waals surface area contributed by atoms with Crippen LogP contribution in [0.3, 0.4) is 0 Å². The summed E-state index contributed by atoms with van der Waals surface area (Å²) in [6, 6.07) is 8.22. The van der Waals surface area contributed by atoms with Crippen molar-refractivity contribution in [3.05, 3.63) is 62.1 Å². The first-order valence-electron chi connectivity index (χ1n) is 7.66. The molecule has 0 aliphatic rings. The van der Waals surface area contributed by atoms with Crippen LogP contribution in [0.5, 0.6) is 0 Å². The van der Waals surface area contributed by atoms with Crippen LogP contribution in [0.2, 0.25) is 10.0 Å². The van der Waals surface area contributed by atoms with Gasteiger partial charge in [-0.25, -0.2) is 4.79 Å². The molecule has 2 N–H and O–H groups in total. The topological polar surface area (TPSA) is 111 Å². The van der Waals surface area contributed by atoms with Gasteiger partial charge in [0.05, 0.1) is 21.2 Å². The number of amides is 1. The van der Waals surface area contributed by atoms with Gasteiger partial charge in [-0.15, -0.1) is 0 Å². The monoisotopic (exact) mass is 411 g/mol. The van der Waals surface area contributed by atoms with Crippen molar-refractivity contribution < 1.29 is 19.2 Å². The SMILES string of the molecule is CNc1ccc([N+](=O)[O-])cc1C(=O)O[C@H](C)C(=O)Nc1ccc(Cl)cc1Cl. The average Bonchev–Trinajstić information content (AvgIpc) is 2.63. The number of benzene rings is 2. The summed E-state index contributed by atoms with van der Waals surface area (Å²) in [5, 5.41) is 16.8. The lowest BCUT2D eigenvalue weighted by Crippen LogP contribution is -2.30. The van der Waals surface area contributed by atoms with Crippen LogP contribution >= 0.6 is 23.2 Å². The maximum Gasteiger partial charge on any atom is 0.341 e. The Morgan fingerprint density at radius 3 is 2.41 bits per heavy atom. The van der Waals surface area contributed by atoms with E-state index in [4.69, 9.17) is 27.9 Å². The van der Waals surface area contributed by atoms with Gasteiger partial charge in [-0.2, -0.15) is 0 Å². The lowest BCUT2D eigenvalue weighted by molar-refractivity contribution is -0.384. The quantitative estimate of drug-likeness (QED) is 0.419. The summed E-state index contributed by atoms with van der Waals surface area (Å²) in [5.41, 5.74) is 0.307. The number of anilines is 2. The Morgan fingerprint density at radius 2 is 1.81 bits per heavy atom. The second kappa shape index (κ2) is 8.70. The van der Waals surface area contributed by atoms with E-state index in [-0.39, 0.29) is 16.3 Å². The van der Waals surface area contributed by atoms with Crippen molar-refractivity contribution in [2.75, 3.05) is 17.7 Å². The number of non-ortho nitro benzene ring substituents is 1. The third kappa shape index (κ3) is 5.08. The van der Waals surface area contributed by atoms with Gasteiger partial charge in [0.15, 0.2) is 6.10 Å². The molecular formula is C17H15Cl2N3O5. The average molecular weight is 412 g/mol. The van der Waals surface area contributed by atoms with Crippen molar-refractivity contribution in [3.8, 4) is 0 Å². The molecule has 0 bridgehead atoms. The van der Waals surface area contributed by atoms with Crippen molar-refractivity contribution in [3.63, 3.8) is 0 Å². The highest BCUT2D eigenvalue weighted by molar-refractivity contribution is 6.36. The molecule has 0 aliphatic heterocycles. The van der Waals surface area contributed by atoms with Gasteiger partial charge in [-0.05, 0) is 31.2 Å². The van der Waals surface area contributed by atoms with Gasteiger partial charge < -0.3 is 15.4 Å². The van der Waals surface area contributed by atoms with Crippen LogP contribution in [0.4, 0.5) is 17.1 Å². The Bertz CT molecular complexity index is 904. The van der Waals surface area contributed by atoms with E-state index in [2.05, 4.69) is 10.6 Å². The predicted molar refractivity (Wildman–Crippen MR) is 103 cm³/mol. The Hall–Kier alpha value is -2.84. The molecule has 2 aromatic carbocycles. The zero-order valence-corrected chi connectivity index (χ0v) is 15.8. The van der Waals surface area contributed by atoms with Crippen LogP contribution in [0.25, 0.3) is 0 Å². The number of nitro benzene ring substituents is 1. The van der Waals surface area contributed by atoms with E-state index in [9.17, 15) is 19.7 Å². The van der Waals surface area contributed by atoms with E-state index < -0.39 is 22.9 Å². The zero-order chi connectivity index (χ0) is 20.1. The number of nitrogens with zero attached hydrogens (tertiary/aromatic N) is 1. The lowest BCUT2D eigenvalue weighted by atomic mass is 10.1. The maximum absolute atomic E-state index is 12.4. The summed E-state index contributed by atoms with van der Waals surface area (Å²) < 4.78 is 5.13. The second-order valence-corrected chi connectivity index (χ2v) is 6.24. The Morgan fingerprint density at radius 1 is 1.15 bits per heavy atom. The molecule has 0 saturated heterocycles. The number of esters is 1. The number of nitrogens with one attached hydrogen (secondary N) is 2. The molecule has 0 radical (unpaired) electrons. The van der Waals surface area contributed by atoms with Gasteiger partial charge >= 0.3 is 5.97 Å². The van der Waals surface area contributed by atoms with Crippen molar-refractivity contribution in [2.24, 2.45) is 0 Å². The highest BCUT2D eigenvalue weighted by atomic mass is 35.5. The number of carbonyl (C=O) groups is 2. The zero-order valence-electron chi connectivity index (χ0n) is 14.3. The summed E-state index contributed by atoms with van der Waals surface area (Å²) in [6.07, 6.45) is -1.17. The minimum Gasteiger partial charge on any atom is -0.449 e. The Labute approximate surface area is 164 Å². The number of carbonyl (C=O) groups excluding carboxylic acids is 2. The largest absolute Gasteiger partial charge is 0.449 e. The molecule has 1 atom stereocenters. The summed E-state index contributed by atoms with van der Waals surface area (Å²) in [7, 11) is 1.55. The number of halogens is 2. The minimum atomic E-state index is -1.17. The molecule has 0 fully saturated rings. The maximum atomic E-state index is 12.4. The number of hydrogen-bond donors (Lipinski definition) is 2. The second-order valence-electron chi connectivity index (χ2n) is 5.40. The first-order chi connectivity index (χ1) is 12.7. The molecule has 2 rings (SSSR count). The Balaban J connectivity index is 2.13. The van der Waals surface area contributed by atoms with Crippen LogP contribution in [-0.2, 0) is 9.53 Å². The number of rotatable bonds is 6. The molecule has 0 unspecified atom stereocenters. The van der Waals surface area contributed by atoms with Gasteiger partial charge in [-0.1, -0.05) is 23.2 Å². The summed E-state index contributed by atoms with van der Waals surface area (Å²) >= 11 is 11.8. The standard InChI is InChI=1S/C17H15Cl2N3O5/c1-9(16(23)21-15-5-3-10(18)7-13(15)19)27-17(24)12-8-11(22(25)26)4-6-14(12)20-2/h3-9,20H,1-2H3,(H,21,23)/t9-/m1/s1. The first-order valence-corrected chi connectivity index (χ1v) is 8.41. The molecule has 142 valence electrons. The van der Waals surface area contributed by atoms with Crippen molar-refractivity contribution in [1.82, 2.24) is 0 Å². The van der Waals surface area contributed by atoms with Crippen LogP contribution in [0, 0.1) is 10.1 Å². The van der Waals surface area contributed by atoms with Crippen molar-refractivity contribution in [2.45, 2.75) is 13.0 Å². The molecule has 2 aromatic rings. The first kappa shape index (κ1) is 20.5. The molecule has 27 heavy (non-hydrogen) atoms. The van der Waals surface area contributed by atoms with E-state index >= 15 is 0 Å². The van der Waals surface area contributed by atoms with Gasteiger partial charge in [0.25, 0.3) is 11.6 Å². The lowest BCUT2D eigenvalue weighted by Gasteiger charge is -2.15. The van der Waals surface area contributed by atoms with Gasteiger partial charge in [0, 0.05) is 29.9 Å². The third-order valence-corrected chi connectivity index (χ3v) is 4.09. The fraction of sp³-hybridized carbons (Fsp3) is 0.176. The highest BCUT2D eigenvalue weighted by Gasteiger charge is 2.23. The molecular weight excluding hydrogens is 397 g/mol. The molecule has 0 heterocycles. The molecule has 10 heteroatoms. The summed E-state index contributed by atoms with van der Waals surface area (Å²) in [6.45, 7) is 1.37. The molecule has 0 saturated carbocycles.